The van der Waals surface area contributed by atoms with Crippen molar-refractivity contribution in [2.45, 2.75) is 33.1 Å². The Balaban J connectivity index is 1.93. The van der Waals surface area contributed by atoms with E-state index >= 15 is 0 Å². The number of amidine groups is 2. The first-order valence-electron chi connectivity index (χ1n) is 9.60. The smallest absolute Gasteiger partial charge is 0.221 e. The molecule has 0 saturated heterocycles. The zero-order valence-electron chi connectivity index (χ0n) is 16.5. The molecule has 3 rings (SSSR count). The summed E-state index contributed by atoms with van der Waals surface area (Å²) in [6, 6.07) is 13.2. The van der Waals surface area contributed by atoms with E-state index in [1.165, 1.54) is 19.1 Å². The van der Waals surface area contributed by atoms with Crippen molar-refractivity contribution in [3.63, 3.8) is 0 Å². The predicted octanol–water partition coefficient (Wildman–Crippen LogP) is 5.16. The fraction of sp³-hybridized carbons (Fsp3) is 0.273. The van der Waals surface area contributed by atoms with Gasteiger partial charge < -0.3 is 16.0 Å². The number of benzene rings is 2. The molecule has 1 unspecified atom stereocenters. The summed E-state index contributed by atoms with van der Waals surface area (Å²) >= 11 is 0. The third-order valence-electron chi connectivity index (χ3n) is 4.63. The lowest BCUT2D eigenvalue weighted by atomic mass is 9.98. The second-order valence-corrected chi connectivity index (χ2v) is 6.92. The Morgan fingerprint density at radius 2 is 1.97 bits per heavy atom. The maximum Gasteiger partial charge on any atom is 0.221 e. The molecule has 0 aromatic heterocycles. The van der Waals surface area contributed by atoms with Gasteiger partial charge in [-0.15, -0.1) is 0 Å². The second-order valence-electron chi connectivity index (χ2n) is 6.92. The highest BCUT2D eigenvalue weighted by atomic mass is 19.1. The average Bonchev–Trinajstić information content (AvgIpc) is 2.82. The molecular weight excluding hydrogens is 369 g/mol. The Labute approximate surface area is 169 Å². The molecule has 0 aliphatic carbocycles. The van der Waals surface area contributed by atoms with Gasteiger partial charge in [-0.1, -0.05) is 13.0 Å². The van der Waals surface area contributed by atoms with Gasteiger partial charge in [0.15, 0.2) is 5.84 Å². The van der Waals surface area contributed by atoms with Crippen LogP contribution < -0.4 is 10.6 Å². The number of nitrogens with zero attached hydrogens (tertiary/aromatic N) is 2. The number of hydrogen-bond acceptors (Lipinski definition) is 4. The van der Waals surface area contributed by atoms with E-state index in [-0.39, 0.29) is 17.6 Å². The molecule has 0 bridgehead atoms. The number of amides is 1. The molecule has 2 aromatic rings. The molecule has 7 heteroatoms. The van der Waals surface area contributed by atoms with E-state index in [1.807, 2.05) is 12.1 Å². The molecule has 1 amide bonds. The van der Waals surface area contributed by atoms with E-state index < -0.39 is 0 Å². The van der Waals surface area contributed by atoms with Crippen molar-refractivity contribution in [1.82, 2.24) is 0 Å². The molecule has 6 nitrogen and oxygen atoms in total. The van der Waals surface area contributed by atoms with Gasteiger partial charge in [-0.2, -0.15) is 0 Å². The van der Waals surface area contributed by atoms with E-state index in [4.69, 9.17) is 5.41 Å². The van der Waals surface area contributed by atoms with Crippen LogP contribution in [0.3, 0.4) is 0 Å². The molecule has 1 aliphatic rings. The van der Waals surface area contributed by atoms with Crippen LogP contribution in [0.1, 0.15) is 33.1 Å². The predicted molar refractivity (Wildman–Crippen MR) is 116 cm³/mol. The van der Waals surface area contributed by atoms with Gasteiger partial charge in [0.1, 0.15) is 11.7 Å². The van der Waals surface area contributed by atoms with Gasteiger partial charge in [-0.3, -0.25) is 4.79 Å². The van der Waals surface area contributed by atoms with Gasteiger partial charge >= 0.3 is 0 Å². The maximum atomic E-state index is 13.2. The minimum Gasteiger partial charge on any atom is -0.339 e. The SMILES string of the molecule is CCC1CCC(=N)C(Nc2cccc(NC(C)=O)c2)=NC1=Nc1ccc(F)cc1. The molecule has 2 aromatic carbocycles. The van der Waals surface area contributed by atoms with Crippen LogP contribution in [-0.2, 0) is 4.79 Å². The van der Waals surface area contributed by atoms with Gasteiger partial charge in [0.2, 0.25) is 5.91 Å². The first-order valence-corrected chi connectivity index (χ1v) is 9.60. The highest BCUT2D eigenvalue weighted by molar-refractivity contribution is 6.46. The zero-order chi connectivity index (χ0) is 20.8. The maximum absolute atomic E-state index is 13.2. The van der Waals surface area contributed by atoms with Crippen LogP contribution in [0.25, 0.3) is 0 Å². The second kappa shape index (κ2) is 9.23. The minimum atomic E-state index is -0.312. The van der Waals surface area contributed by atoms with E-state index in [1.54, 1.807) is 24.3 Å². The fourth-order valence-electron chi connectivity index (χ4n) is 3.11. The zero-order valence-corrected chi connectivity index (χ0v) is 16.5. The number of nitrogens with one attached hydrogen (secondary N) is 3. The van der Waals surface area contributed by atoms with Crippen molar-refractivity contribution in [2.75, 3.05) is 10.6 Å². The average molecular weight is 393 g/mol. The summed E-state index contributed by atoms with van der Waals surface area (Å²) in [6.07, 6.45) is 2.20. The first-order chi connectivity index (χ1) is 13.9. The highest BCUT2D eigenvalue weighted by Gasteiger charge is 2.22. The molecule has 3 N–H and O–H groups in total. The number of halogens is 1. The Morgan fingerprint density at radius 1 is 1.24 bits per heavy atom. The molecule has 1 atom stereocenters. The number of carbonyl (C=O) groups is 1. The van der Waals surface area contributed by atoms with Crippen LogP contribution in [-0.4, -0.2) is 23.3 Å². The summed E-state index contributed by atoms with van der Waals surface area (Å²) in [6.45, 7) is 3.52. The molecule has 0 spiro atoms. The molecule has 29 heavy (non-hydrogen) atoms. The van der Waals surface area contributed by atoms with Crippen molar-refractivity contribution < 1.29 is 9.18 Å². The number of rotatable bonds is 4. The summed E-state index contributed by atoms with van der Waals surface area (Å²) in [5, 5.41) is 14.3. The molecule has 1 heterocycles. The molecule has 150 valence electrons. The number of anilines is 2. The van der Waals surface area contributed by atoms with Crippen molar-refractivity contribution in [3.8, 4) is 0 Å². The summed E-state index contributed by atoms with van der Waals surface area (Å²) in [5.41, 5.74) is 2.41. The van der Waals surface area contributed by atoms with Crippen LogP contribution in [0.5, 0.6) is 0 Å². The topological polar surface area (TPSA) is 89.7 Å². The standard InChI is InChI=1S/C22H24FN5O/c1-3-15-7-12-20(24)22(27-19-6-4-5-18(13-19)25-14(2)29)28-21(15)26-17-10-8-16(23)9-11-17/h4-6,8-11,13,15,24H,3,7,12H2,1-2H3,(H,25,29)(H,26,27,28). The Hall–Kier alpha value is -3.35. The monoisotopic (exact) mass is 393 g/mol. The fourth-order valence-corrected chi connectivity index (χ4v) is 3.11. The minimum absolute atomic E-state index is 0.116. The van der Waals surface area contributed by atoms with Gasteiger partial charge in [0, 0.05) is 24.2 Å². The Kier molecular flexibility index (Phi) is 6.49. The van der Waals surface area contributed by atoms with Gasteiger partial charge in [0.25, 0.3) is 0 Å². The number of carbonyl (C=O) groups excluding carboxylic acids is 1. The Morgan fingerprint density at radius 3 is 2.66 bits per heavy atom. The van der Waals surface area contributed by atoms with Gasteiger partial charge in [0.05, 0.1) is 11.4 Å². The summed E-state index contributed by atoms with van der Waals surface area (Å²) in [7, 11) is 0. The molecule has 1 aliphatic heterocycles. The summed E-state index contributed by atoms with van der Waals surface area (Å²) in [5.74, 6) is 0.712. The van der Waals surface area contributed by atoms with E-state index in [0.29, 0.717) is 35.2 Å². The van der Waals surface area contributed by atoms with Crippen LogP contribution in [0.2, 0.25) is 0 Å². The molecular formula is C22H24FN5O. The third kappa shape index (κ3) is 5.57. The molecule has 0 radical (unpaired) electrons. The van der Waals surface area contributed by atoms with Crippen LogP contribution in [0.15, 0.2) is 58.5 Å². The van der Waals surface area contributed by atoms with Gasteiger partial charge in [-0.05, 0) is 61.7 Å². The van der Waals surface area contributed by atoms with Crippen molar-refractivity contribution >= 4 is 40.4 Å². The van der Waals surface area contributed by atoms with Crippen LogP contribution >= 0.6 is 0 Å². The lowest BCUT2D eigenvalue weighted by Gasteiger charge is -2.12. The quantitative estimate of drug-likeness (QED) is 0.669. The lowest BCUT2D eigenvalue weighted by molar-refractivity contribution is -0.114. The van der Waals surface area contributed by atoms with Crippen molar-refractivity contribution in [3.05, 3.63) is 54.3 Å². The molecule has 0 saturated carbocycles. The largest absolute Gasteiger partial charge is 0.339 e. The molecule has 0 fully saturated rings. The Bertz CT molecular complexity index is 965. The van der Waals surface area contributed by atoms with E-state index in [0.717, 1.165) is 18.5 Å². The normalized spacial score (nSPS) is 18.2. The summed E-state index contributed by atoms with van der Waals surface area (Å²) < 4.78 is 13.2. The van der Waals surface area contributed by atoms with E-state index in [9.17, 15) is 9.18 Å². The third-order valence-corrected chi connectivity index (χ3v) is 4.63. The van der Waals surface area contributed by atoms with Crippen molar-refractivity contribution in [2.24, 2.45) is 15.9 Å². The van der Waals surface area contributed by atoms with Crippen LogP contribution in [0.4, 0.5) is 21.5 Å². The number of hydrogen-bond donors (Lipinski definition) is 3. The van der Waals surface area contributed by atoms with Gasteiger partial charge in [-0.25, -0.2) is 14.4 Å². The van der Waals surface area contributed by atoms with Crippen molar-refractivity contribution in [1.29, 1.82) is 5.41 Å². The van der Waals surface area contributed by atoms with E-state index in [2.05, 4.69) is 27.5 Å². The number of aliphatic imine (C=N–C) groups is 2. The summed E-state index contributed by atoms with van der Waals surface area (Å²) in [4.78, 5) is 20.6. The first kappa shape index (κ1) is 20.4. The van der Waals surface area contributed by atoms with Crippen LogP contribution in [0, 0.1) is 17.1 Å². The lowest BCUT2D eigenvalue weighted by Crippen LogP contribution is -2.22. The highest BCUT2D eigenvalue weighted by Crippen LogP contribution is 2.24.